The van der Waals surface area contributed by atoms with Crippen molar-refractivity contribution in [2.45, 2.75) is 72.1 Å². The van der Waals surface area contributed by atoms with Gasteiger partial charge in [0.2, 0.25) is 0 Å². The lowest BCUT2D eigenvalue weighted by Crippen LogP contribution is -2.51. The van der Waals surface area contributed by atoms with Crippen LogP contribution in [0.5, 0.6) is 0 Å². The highest BCUT2D eigenvalue weighted by Gasteiger charge is 2.59. The summed E-state index contributed by atoms with van der Waals surface area (Å²) in [6, 6.07) is 0. The van der Waals surface area contributed by atoms with Crippen LogP contribution < -0.4 is 0 Å². The first-order valence-electron chi connectivity index (χ1n) is 10.1. The van der Waals surface area contributed by atoms with Crippen molar-refractivity contribution < 1.29 is 9.59 Å². The summed E-state index contributed by atoms with van der Waals surface area (Å²) >= 11 is 0. The van der Waals surface area contributed by atoms with E-state index in [1.165, 1.54) is 44.0 Å². The molecule has 4 rings (SSSR count). The fourth-order valence-electron chi connectivity index (χ4n) is 7.56. The van der Waals surface area contributed by atoms with Gasteiger partial charge in [-0.2, -0.15) is 0 Å². The molecular formula is C22H32O2. The van der Waals surface area contributed by atoms with E-state index in [9.17, 15) is 9.59 Å². The number of allylic oxidation sites excluding steroid dienone is 1. The molecule has 3 fully saturated rings. The summed E-state index contributed by atoms with van der Waals surface area (Å²) in [4.78, 5) is 23.3. The topological polar surface area (TPSA) is 34.1 Å². The van der Waals surface area contributed by atoms with Gasteiger partial charge in [0.15, 0.2) is 5.78 Å². The first-order valence-corrected chi connectivity index (χ1v) is 10.1. The quantitative estimate of drug-likeness (QED) is 0.671. The molecule has 0 aromatic heterocycles. The molecule has 7 atom stereocenters. The summed E-state index contributed by atoms with van der Waals surface area (Å²) in [6.07, 6.45) is 12.5. The van der Waals surface area contributed by atoms with Crippen molar-refractivity contribution in [2.24, 2.45) is 40.4 Å². The summed E-state index contributed by atoms with van der Waals surface area (Å²) in [6.45, 7) is 7.07. The Kier molecular flexibility index (Phi) is 3.82. The number of hydrogen-bond donors (Lipinski definition) is 0. The van der Waals surface area contributed by atoms with E-state index in [1.807, 2.05) is 6.08 Å². The molecule has 0 N–H and O–H groups in total. The second-order valence-corrected chi connectivity index (χ2v) is 9.69. The summed E-state index contributed by atoms with van der Waals surface area (Å²) in [5, 5.41) is 0. The Hall–Kier alpha value is -0.920. The Morgan fingerprint density at radius 2 is 1.88 bits per heavy atom. The molecule has 0 heterocycles. The van der Waals surface area contributed by atoms with Gasteiger partial charge in [0.05, 0.1) is 0 Å². The van der Waals surface area contributed by atoms with Gasteiger partial charge < -0.3 is 4.79 Å². The Bertz CT molecular complexity index is 591. The van der Waals surface area contributed by atoms with Gasteiger partial charge in [-0.3, -0.25) is 4.79 Å². The van der Waals surface area contributed by atoms with E-state index in [0.29, 0.717) is 17.1 Å². The van der Waals surface area contributed by atoms with Crippen LogP contribution in [0.25, 0.3) is 0 Å². The largest absolute Gasteiger partial charge is 0.303 e. The van der Waals surface area contributed by atoms with Crippen LogP contribution in [0.2, 0.25) is 0 Å². The van der Waals surface area contributed by atoms with Crippen molar-refractivity contribution >= 4 is 12.1 Å². The SMILES string of the molecule is C[C@H](C=O)C1CC[C@H]2[C@@H]3CCC4=CC(=O)CC[C@]4(C)[C@H]3CC[C@]12C. The van der Waals surface area contributed by atoms with Crippen LogP contribution in [-0.4, -0.2) is 12.1 Å². The minimum Gasteiger partial charge on any atom is -0.303 e. The molecule has 2 heteroatoms. The molecule has 2 nitrogen and oxygen atoms in total. The normalized spacial score (nSPS) is 48.8. The average Bonchev–Trinajstić information content (AvgIpc) is 2.92. The van der Waals surface area contributed by atoms with Gasteiger partial charge in [-0.1, -0.05) is 26.3 Å². The highest BCUT2D eigenvalue weighted by Crippen LogP contribution is 2.67. The molecule has 3 saturated carbocycles. The van der Waals surface area contributed by atoms with Gasteiger partial charge >= 0.3 is 0 Å². The smallest absolute Gasteiger partial charge is 0.155 e. The first-order chi connectivity index (χ1) is 11.4. The molecule has 0 saturated heterocycles. The lowest BCUT2D eigenvalue weighted by atomic mass is 9.46. The van der Waals surface area contributed by atoms with Crippen molar-refractivity contribution in [3.63, 3.8) is 0 Å². The van der Waals surface area contributed by atoms with Crippen LogP contribution in [0.3, 0.4) is 0 Å². The van der Waals surface area contributed by atoms with E-state index in [-0.39, 0.29) is 11.3 Å². The molecular weight excluding hydrogens is 296 g/mol. The summed E-state index contributed by atoms with van der Waals surface area (Å²) in [7, 11) is 0. The third-order valence-corrected chi connectivity index (χ3v) is 8.88. The molecule has 0 aromatic rings. The Labute approximate surface area is 146 Å². The molecule has 24 heavy (non-hydrogen) atoms. The van der Waals surface area contributed by atoms with E-state index < -0.39 is 0 Å². The van der Waals surface area contributed by atoms with Gasteiger partial charge in [-0.05, 0) is 85.5 Å². The summed E-state index contributed by atoms with van der Waals surface area (Å²) in [5.41, 5.74) is 2.09. The summed E-state index contributed by atoms with van der Waals surface area (Å²) in [5.74, 6) is 3.50. The third kappa shape index (κ3) is 2.14. The maximum Gasteiger partial charge on any atom is 0.155 e. The van der Waals surface area contributed by atoms with Crippen LogP contribution in [0.15, 0.2) is 11.6 Å². The van der Waals surface area contributed by atoms with E-state index in [0.717, 1.165) is 37.0 Å². The van der Waals surface area contributed by atoms with Crippen molar-refractivity contribution in [1.82, 2.24) is 0 Å². The second kappa shape index (κ2) is 5.54. The molecule has 1 unspecified atom stereocenters. The molecule has 0 spiro atoms. The lowest BCUT2D eigenvalue weighted by molar-refractivity contribution is -0.118. The fourth-order valence-corrected chi connectivity index (χ4v) is 7.56. The minimum absolute atomic E-state index is 0.207. The molecule has 4 aliphatic rings. The monoisotopic (exact) mass is 328 g/mol. The average molecular weight is 328 g/mol. The Morgan fingerprint density at radius 1 is 1.08 bits per heavy atom. The molecule has 0 aliphatic heterocycles. The lowest BCUT2D eigenvalue weighted by Gasteiger charge is -2.58. The maximum atomic E-state index is 11.9. The highest BCUT2D eigenvalue weighted by atomic mass is 16.1. The van der Waals surface area contributed by atoms with E-state index in [2.05, 4.69) is 20.8 Å². The van der Waals surface area contributed by atoms with Crippen LogP contribution in [0.1, 0.15) is 72.1 Å². The van der Waals surface area contributed by atoms with Gasteiger partial charge in [-0.25, -0.2) is 0 Å². The third-order valence-electron chi connectivity index (χ3n) is 8.88. The predicted octanol–water partition coefficient (Wildman–Crippen LogP) is 4.97. The van der Waals surface area contributed by atoms with Crippen LogP contribution in [0.4, 0.5) is 0 Å². The van der Waals surface area contributed by atoms with Crippen LogP contribution in [-0.2, 0) is 9.59 Å². The molecule has 0 aromatic carbocycles. The summed E-state index contributed by atoms with van der Waals surface area (Å²) < 4.78 is 0. The number of ketones is 1. The number of aldehydes is 1. The van der Waals surface area contributed by atoms with E-state index >= 15 is 0 Å². The van der Waals surface area contributed by atoms with Crippen molar-refractivity contribution in [1.29, 1.82) is 0 Å². The second-order valence-electron chi connectivity index (χ2n) is 9.69. The number of rotatable bonds is 2. The van der Waals surface area contributed by atoms with Crippen molar-refractivity contribution in [2.75, 3.05) is 0 Å². The van der Waals surface area contributed by atoms with Crippen molar-refractivity contribution in [3.05, 3.63) is 11.6 Å². The Morgan fingerprint density at radius 3 is 2.62 bits per heavy atom. The highest BCUT2D eigenvalue weighted by molar-refractivity contribution is 5.91. The number of carbonyl (C=O) groups excluding carboxylic acids is 2. The molecule has 0 amide bonds. The van der Waals surface area contributed by atoms with Gasteiger partial charge in [0.25, 0.3) is 0 Å². The minimum atomic E-state index is 0.207. The van der Waals surface area contributed by atoms with Crippen LogP contribution in [0, 0.1) is 40.4 Å². The van der Waals surface area contributed by atoms with Gasteiger partial charge in [-0.15, -0.1) is 0 Å². The standard InChI is InChI=1S/C22H32O2/c1-14(13-23)18-6-7-19-17-5-4-15-12-16(24)8-10-21(15,2)20(17)9-11-22(18,19)3/h12-14,17-20H,4-11H2,1-3H3/t14-,17+,18?,19+,20+,21+,22-/m1/s1. The predicted molar refractivity (Wildman–Crippen MR) is 95.4 cm³/mol. The van der Waals surface area contributed by atoms with Gasteiger partial charge in [0.1, 0.15) is 6.29 Å². The van der Waals surface area contributed by atoms with Gasteiger partial charge in [0, 0.05) is 12.3 Å². The zero-order valence-electron chi connectivity index (χ0n) is 15.5. The zero-order valence-corrected chi connectivity index (χ0v) is 15.5. The first kappa shape index (κ1) is 16.5. The van der Waals surface area contributed by atoms with Crippen LogP contribution >= 0.6 is 0 Å². The molecule has 4 aliphatic carbocycles. The number of carbonyl (C=O) groups is 2. The number of fused-ring (bicyclic) bond motifs is 5. The zero-order chi connectivity index (χ0) is 17.1. The maximum absolute atomic E-state index is 11.9. The fraction of sp³-hybridized carbons (Fsp3) is 0.818. The molecule has 132 valence electrons. The molecule has 0 radical (unpaired) electrons. The molecule has 0 bridgehead atoms. The number of hydrogen-bond acceptors (Lipinski definition) is 2. The van der Waals surface area contributed by atoms with E-state index in [1.54, 1.807) is 0 Å². The van der Waals surface area contributed by atoms with E-state index in [4.69, 9.17) is 0 Å². The Balaban J connectivity index is 1.65. The van der Waals surface area contributed by atoms with Crippen molar-refractivity contribution in [3.8, 4) is 0 Å².